The van der Waals surface area contributed by atoms with E-state index < -0.39 is 0 Å². The zero-order valence-electron chi connectivity index (χ0n) is 12.2. The van der Waals surface area contributed by atoms with Crippen molar-refractivity contribution >= 4 is 26.8 Å². The van der Waals surface area contributed by atoms with Crippen molar-refractivity contribution in [3.05, 3.63) is 35.5 Å². The number of ether oxygens (including phenoxy) is 1. The summed E-state index contributed by atoms with van der Waals surface area (Å²) < 4.78 is 5.85. The number of nitrogens with one attached hydrogen (secondary N) is 1. The van der Waals surface area contributed by atoms with E-state index in [-0.39, 0.29) is 0 Å². The van der Waals surface area contributed by atoms with Gasteiger partial charge in [-0.25, -0.2) is 9.97 Å². The molecule has 0 radical (unpaired) electrons. The van der Waals surface area contributed by atoms with Crippen molar-refractivity contribution in [2.75, 3.05) is 18.9 Å². The number of aromatic nitrogens is 2. The van der Waals surface area contributed by atoms with Crippen molar-refractivity contribution in [1.29, 1.82) is 0 Å². The summed E-state index contributed by atoms with van der Waals surface area (Å²) in [6.45, 7) is 4.47. The maximum atomic E-state index is 5.85. The molecule has 0 aliphatic carbocycles. The van der Waals surface area contributed by atoms with E-state index >= 15 is 0 Å². The van der Waals surface area contributed by atoms with Crippen LogP contribution in [0.4, 0.5) is 5.13 Å². The van der Waals surface area contributed by atoms with Crippen LogP contribution >= 0.6 is 11.3 Å². The van der Waals surface area contributed by atoms with E-state index in [0.29, 0.717) is 11.7 Å². The summed E-state index contributed by atoms with van der Waals surface area (Å²) in [5, 5.41) is 3.93. The number of hydrogen-bond acceptors (Lipinski definition) is 6. The lowest BCUT2D eigenvalue weighted by Crippen LogP contribution is -2.16. The van der Waals surface area contributed by atoms with Gasteiger partial charge in [-0.3, -0.25) is 0 Å². The second-order valence-electron chi connectivity index (χ2n) is 5.37. The molecule has 0 saturated carbocycles. The largest absolute Gasteiger partial charge is 0.492 e. The molecule has 3 heterocycles. The van der Waals surface area contributed by atoms with Gasteiger partial charge in [-0.15, -0.1) is 0 Å². The standard InChI is InChI=1S/C16H16N4OS/c1-9-6-10(7-11-8-18-4-5-21-14(9)11)12-2-3-19-15-13(12)20-16(17)22-15/h2-3,6-7,18H,4-5,8H2,1H3,(H2,17,20). The second kappa shape index (κ2) is 5.23. The summed E-state index contributed by atoms with van der Waals surface area (Å²) in [5.74, 6) is 0.997. The SMILES string of the molecule is Cc1cc(-c2ccnc3sc(N)nc23)cc2c1OCCNC2. The van der Waals surface area contributed by atoms with Gasteiger partial charge in [-0.1, -0.05) is 11.3 Å². The summed E-state index contributed by atoms with van der Waals surface area (Å²) >= 11 is 1.42. The van der Waals surface area contributed by atoms with Gasteiger partial charge in [0.15, 0.2) is 5.13 Å². The summed E-state index contributed by atoms with van der Waals surface area (Å²) in [6.07, 6.45) is 1.81. The van der Waals surface area contributed by atoms with Gasteiger partial charge in [-0.2, -0.15) is 0 Å². The average Bonchev–Trinajstić information content (AvgIpc) is 2.72. The van der Waals surface area contributed by atoms with Crippen molar-refractivity contribution in [3.8, 4) is 16.9 Å². The summed E-state index contributed by atoms with van der Waals surface area (Å²) in [4.78, 5) is 9.66. The lowest BCUT2D eigenvalue weighted by Gasteiger charge is -2.13. The predicted molar refractivity (Wildman–Crippen MR) is 89.2 cm³/mol. The van der Waals surface area contributed by atoms with Crippen LogP contribution in [-0.2, 0) is 6.54 Å². The minimum Gasteiger partial charge on any atom is -0.492 e. The highest BCUT2D eigenvalue weighted by molar-refractivity contribution is 7.21. The molecule has 0 amide bonds. The topological polar surface area (TPSA) is 73.1 Å². The Morgan fingerprint density at radius 1 is 1.36 bits per heavy atom. The molecule has 1 aromatic carbocycles. The van der Waals surface area contributed by atoms with Gasteiger partial charge in [0.2, 0.25) is 0 Å². The Morgan fingerprint density at radius 2 is 2.27 bits per heavy atom. The Hall–Kier alpha value is -2.18. The lowest BCUT2D eigenvalue weighted by molar-refractivity contribution is 0.324. The first-order chi connectivity index (χ1) is 10.7. The van der Waals surface area contributed by atoms with E-state index in [4.69, 9.17) is 10.5 Å². The molecule has 0 saturated heterocycles. The van der Waals surface area contributed by atoms with Crippen molar-refractivity contribution in [1.82, 2.24) is 15.3 Å². The van der Waals surface area contributed by atoms with Gasteiger partial charge < -0.3 is 15.8 Å². The minimum absolute atomic E-state index is 0.548. The van der Waals surface area contributed by atoms with Crippen LogP contribution in [0.15, 0.2) is 24.4 Å². The maximum absolute atomic E-state index is 5.85. The molecule has 6 heteroatoms. The Balaban J connectivity index is 1.91. The fourth-order valence-electron chi connectivity index (χ4n) is 2.87. The summed E-state index contributed by atoms with van der Waals surface area (Å²) in [5.41, 5.74) is 11.2. The van der Waals surface area contributed by atoms with E-state index in [1.165, 1.54) is 16.9 Å². The molecule has 5 nitrogen and oxygen atoms in total. The first-order valence-corrected chi connectivity index (χ1v) is 8.02. The number of benzene rings is 1. The van der Waals surface area contributed by atoms with Gasteiger partial charge in [0.25, 0.3) is 0 Å². The van der Waals surface area contributed by atoms with Gasteiger partial charge in [0.1, 0.15) is 22.7 Å². The molecule has 3 aromatic rings. The van der Waals surface area contributed by atoms with Crippen LogP contribution in [0, 0.1) is 6.92 Å². The quantitative estimate of drug-likeness (QED) is 0.723. The molecular formula is C16H16N4OS. The summed E-state index contributed by atoms with van der Waals surface area (Å²) in [7, 11) is 0. The van der Waals surface area contributed by atoms with E-state index in [0.717, 1.165) is 45.9 Å². The third-order valence-corrected chi connectivity index (χ3v) is 4.61. The fraction of sp³-hybridized carbons (Fsp3) is 0.250. The Kier molecular flexibility index (Phi) is 3.20. The highest BCUT2D eigenvalue weighted by atomic mass is 32.1. The van der Waals surface area contributed by atoms with Crippen molar-refractivity contribution in [2.45, 2.75) is 13.5 Å². The molecule has 0 atom stereocenters. The summed E-state index contributed by atoms with van der Waals surface area (Å²) in [6, 6.07) is 6.31. The predicted octanol–water partition coefficient (Wildman–Crippen LogP) is 2.73. The zero-order chi connectivity index (χ0) is 15.1. The highest BCUT2D eigenvalue weighted by Crippen LogP contribution is 2.35. The second-order valence-corrected chi connectivity index (χ2v) is 6.38. The number of nitrogen functional groups attached to an aromatic ring is 1. The van der Waals surface area contributed by atoms with Crippen LogP contribution in [0.3, 0.4) is 0 Å². The van der Waals surface area contributed by atoms with Crippen molar-refractivity contribution in [2.24, 2.45) is 0 Å². The number of pyridine rings is 1. The monoisotopic (exact) mass is 312 g/mol. The van der Waals surface area contributed by atoms with Gasteiger partial charge >= 0.3 is 0 Å². The third kappa shape index (κ3) is 2.20. The molecule has 1 aliphatic heterocycles. The van der Waals surface area contributed by atoms with Crippen LogP contribution in [0.2, 0.25) is 0 Å². The molecule has 4 rings (SSSR count). The number of aryl methyl sites for hydroxylation is 1. The fourth-order valence-corrected chi connectivity index (χ4v) is 3.57. The smallest absolute Gasteiger partial charge is 0.182 e. The van der Waals surface area contributed by atoms with Crippen LogP contribution in [0.25, 0.3) is 21.5 Å². The highest BCUT2D eigenvalue weighted by Gasteiger charge is 2.16. The van der Waals surface area contributed by atoms with Crippen LogP contribution < -0.4 is 15.8 Å². The van der Waals surface area contributed by atoms with E-state index in [2.05, 4.69) is 34.3 Å². The maximum Gasteiger partial charge on any atom is 0.182 e. The molecule has 0 unspecified atom stereocenters. The van der Waals surface area contributed by atoms with E-state index in [1.54, 1.807) is 0 Å². The molecule has 3 N–H and O–H groups in total. The Bertz CT molecular complexity index is 859. The number of fused-ring (bicyclic) bond motifs is 2. The zero-order valence-corrected chi connectivity index (χ0v) is 13.0. The van der Waals surface area contributed by atoms with Gasteiger partial charge in [-0.05, 0) is 36.2 Å². The van der Waals surface area contributed by atoms with E-state index in [1.807, 2.05) is 12.3 Å². The lowest BCUT2D eigenvalue weighted by atomic mass is 9.99. The molecule has 0 fully saturated rings. The molecule has 2 aromatic heterocycles. The number of anilines is 1. The van der Waals surface area contributed by atoms with Crippen molar-refractivity contribution in [3.63, 3.8) is 0 Å². The molecule has 112 valence electrons. The molecule has 0 bridgehead atoms. The minimum atomic E-state index is 0.548. The number of hydrogen-bond donors (Lipinski definition) is 2. The Morgan fingerprint density at radius 3 is 3.18 bits per heavy atom. The first-order valence-electron chi connectivity index (χ1n) is 7.21. The van der Waals surface area contributed by atoms with Gasteiger partial charge in [0, 0.05) is 30.4 Å². The number of nitrogens with two attached hydrogens (primary N) is 1. The van der Waals surface area contributed by atoms with Gasteiger partial charge in [0.05, 0.1) is 0 Å². The normalized spacial score (nSPS) is 14.4. The molecule has 22 heavy (non-hydrogen) atoms. The molecular weight excluding hydrogens is 296 g/mol. The molecule has 0 spiro atoms. The van der Waals surface area contributed by atoms with E-state index in [9.17, 15) is 0 Å². The Labute approximate surface area is 132 Å². The van der Waals surface area contributed by atoms with Crippen LogP contribution in [0.1, 0.15) is 11.1 Å². The number of nitrogens with zero attached hydrogens (tertiary/aromatic N) is 2. The number of thiazole rings is 1. The van der Waals surface area contributed by atoms with Crippen LogP contribution in [0.5, 0.6) is 5.75 Å². The average molecular weight is 312 g/mol. The number of rotatable bonds is 1. The van der Waals surface area contributed by atoms with Crippen molar-refractivity contribution < 1.29 is 4.74 Å². The third-order valence-electron chi connectivity index (χ3n) is 3.82. The first kappa shape index (κ1) is 13.5. The van der Waals surface area contributed by atoms with Crippen LogP contribution in [-0.4, -0.2) is 23.1 Å². The molecule has 1 aliphatic rings.